The van der Waals surface area contributed by atoms with E-state index in [9.17, 15) is 14.4 Å². The van der Waals surface area contributed by atoms with Crippen molar-refractivity contribution >= 4 is 17.9 Å². The summed E-state index contributed by atoms with van der Waals surface area (Å²) in [7, 11) is 0. The molecule has 0 aliphatic carbocycles. The molecule has 0 aliphatic heterocycles. The van der Waals surface area contributed by atoms with E-state index >= 15 is 0 Å². The Hall–Kier alpha value is -3.41. The predicted octanol–water partition coefficient (Wildman–Crippen LogP) is 21.1. The van der Waals surface area contributed by atoms with E-state index < -0.39 is 6.10 Å². The number of hydrogen-bond donors (Lipinski definition) is 0. The van der Waals surface area contributed by atoms with E-state index in [-0.39, 0.29) is 37.5 Å². The molecule has 0 heterocycles. The van der Waals surface area contributed by atoms with E-state index in [1.54, 1.807) is 0 Å². The van der Waals surface area contributed by atoms with Gasteiger partial charge < -0.3 is 14.2 Å². The third kappa shape index (κ3) is 59.3. The highest BCUT2D eigenvalue weighted by molar-refractivity contribution is 5.71. The van der Waals surface area contributed by atoms with Gasteiger partial charge in [-0.2, -0.15) is 0 Å². The molecule has 0 aromatic rings. The second-order valence-corrected chi connectivity index (χ2v) is 20.6. The molecule has 0 saturated carbocycles. The van der Waals surface area contributed by atoms with Crippen LogP contribution in [0.2, 0.25) is 0 Å². The van der Waals surface area contributed by atoms with Crippen LogP contribution in [0.5, 0.6) is 0 Å². The Morgan fingerprint density at radius 2 is 0.548 bits per heavy atom. The van der Waals surface area contributed by atoms with Gasteiger partial charge >= 0.3 is 17.9 Å². The number of unbranched alkanes of at least 4 members (excludes halogenated alkanes) is 31. The lowest BCUT2D eigenvalue weighted by molar-refractivity contribution is -0.167. The predicted molar refractivity (Wildman–Crippen MR) is 316 cm³/mol. The maximum absolute atomic E-state index is 12.9. The lowest BCUT2D eigenvalue weighted by Crippen LogP contribution is -2.30. The van der Waals surface area contributed by atoms with Crippen molar-refractivity contribution in [1.82, 2.24) is 0 Å². The van der Waals surface area contributed by atoms with Crippen LogP contribution in [0, 0.1) is 0 Å². The Kier molecular flexibility index (Phi) is 58.3. The second-order valence-electron chi connectivity index (χ2n) is 20.6. The van der Waals surface area contributed by atoms with Crippen molar-refractivity contribution in [3.05, 3.63) is 85.1 Å². The number of carbonyl (C=O) groups excluding carboxylic acids is 3. The molecule has 0 aliphatic rings. The topological polar surface area (TPSA) is 78.9 Å². The Morgan fingerprint density at radius 3 is 0.918 bits per heavy atom. The minimum absolute atomic E-state index is 0.0942. The van der Waals surface area contributed by atoms with Crippen LogP contribution >= 0.6 is 0 Å². The van der Waals surface area contributed by atoms with Crippen molar-refractivity contribution in [2.24, 2.45) is 0 Å². The lowest BCUT2D eigenvalue weighted by Gasteiger charge is -2.18. The fraction of sp³-hybridized carbons (Fsp3) is 0.746. The van der Waals surface area contributed by atoms with E-state index in [4.69, 9.17) is 14.2 Å². The van der Waals surface area contributed by atoms with Crippen molar-refractivity contribution in [3.63, 3.8) is 0 Å². The third-order valence-electron chi connectivity index (χ3n) is 13.4. The molecule has 0 bridgehead atoms. The number of ether oxygens (including phenoxy) is 3. The van der Waals surface area contributed by atoms with Crippen LogP contribution in [0.3, 0.4) is 0 Å². The number of hydrogen-bond acceptors (Lipinski definition) is 6. The first kappa shape index (κ1) is 69.6. The minimum atomic E-state index is -0.801. The Labute approximate surface area is 452 Å². The molecule has 6 heteroatoms. The maximum atomic E-state index is 12.9. The van der Waals surface area contributed by atoms with Crippen molar-refractivity contribution in [2.75, 3.05) is 13.2 Å². The zero-order chi connectivity index (χ0) is 52.9. The van der Waals surface area contributed by atoms with Gasteiger partial charge in [0.05, 0.1) is 0 Å². The molecule has 0 unspecified atom stereocenters. The molecule has 0 spiro atoms. The standard InChI is InChI=1S/C67H116O6/c1-4-7-10-13-16-19-22-25-28-31-33-36-39-42-45-48-51-54-57-60-66(69)72-63-64(62-71-65(68)59-56-53-50-47-44-41-38-35-30-27-24-21-18-15-12-9-6-3)73-67(70)61-58-55-52-49-46-43-40-37-34-32-29-26-23-20-17-14-11-8-5-2/h9,12,16,18-19,21,25,27-28,30,38,41,47,50,64H,4-8,10-11,13-15,17,20,22-24,26,29,31-37,39-40,42-46,48-49,51-63H2,1-3H3/b12-9-,19-16-,21-18-,28-25-,30-27-,41-38-,50-47-/t64-/m1/s1. The van der Waals surface area contributed by atoms with Crippen LogP contribution in [0.25, 0.3) is 0 Å². The molecule has 0 aromatic carbocycles. The zero-order valence-corrected chi connectivity index (χ0v) is 48.1. The van der Waals surface area contributed by atoms with Crippen LogP contribution in [-0.4, -0.2) is 37.2 Å². The van der Waals surface area contributed by atoms with E-state index in [0.29, 0.717) is 19.3 Å². The fourth-order valence-corrected chi connectivity index (χ4v) is 8.75. The van der Waals surface area contributed by atoms with Crippen LogP contribution in [0.1, 0.15) is 303 Å². The van der Waals surface area contributed by atoms with Crippen LogP contribution in [0.4, 0.5) is 0 Å². The quantitative estimate of drug-likeness (QED) is 0.0261. The Morgan fingerprint density at radius 1 is 0.288 bits per heavy atom. The summed E-state index contributed by atoms with van der Waals surface area (Å²) in [6.45, 7) is 6.49. The molecule has 6 nitrogen and oxygen atoms in total. The van der Waals surface area contributed by atoms with Gasteiger partial charge in [0.1, 0.15) is 13.2 Å². The number of carbonyl (C=O) groups is 3. The van der Waals surface area contributed by atoms with Crippen molar-refractivity contribution in [3.8, 4) is 0 Å². The van der Waals surface area contributed by atoms with Crippen LogP contribution < -0.4 is 0 Å². The summed E-state index contributed by atoms with van der Waals surface area (Å²) in [6.07, 6.45) is 80.1. The highest BCUT2D eigenvalue weighted by atomic mass is 16.6. The first-order valence-corrected chi connectivity index (χ1v) is 31.1. The van der Waals surface area contributed by atoms with Gasteiger partial charge in [-0.3, -0.25) is 14.4 Å². The van der Waals surface area contributed by atoms with Crippen LogP contribution in [0.15, 0.2) is 85.1 Å². The molecule has 0 aromatic heterocycles. The maximum Gasteiger partial charge on any atom is 0.306 e. The van der Waals surface area contributed by atoms with Gasteiger partial charge in [-0.1, -0.05) is 279 Å². The van der Waals surface area contributed by atoms with Gasteiger partial charge in [0.25, 0.3) is 0 Å². The highest BCUT2D eigenvalue weighted by Gasteiger charge is 2.19. The van der Waals surface area contributed by atoms with Gasteiger partial charge in [-0.05, 0) is 89.9 Å². The van der Waals surface area contributed by atoms with Gasteiger partial charge in [-0.25, -0.2) is 0 Å². The van der Waals surface area contributed by atoms with Gasteiger partial charge in [0.15, 0.2) is 6.10 Å². The van der Waals surface area contributed by atoms with Gasteiger partial charge in [-0.15, -0.1) is 0 Å². The lowest BCUT2D eigenvalue weighted by atomic mass is 10.0. The molecule has 0 N–H and O–H groups in total. The number of rotatable bonds is 56. The second kappa shape index (κ2) is 61.1. The molecule has 73 heavy (non-hydrogen) atoms. The molecule has 0 fully saturated rings. The van der Waals surface area contributed by atoms with E-state index in [1.807, 2.05) is 0 Å². The smallest absolute Gasteiger partial charge is 0.306 e. The summed E-state index contributed by atoms with van der Waals surface area (Å²) in [5.74, 6) is -0.946. The third-order valence-corrected chi connectivity index (χ3v) is 13.4. The first-order valence-electron chi connectivity index (χ1n) is 31.1. The van der Waals surface area contributed by atoms with Crippen molar-refractivity contribution in [2.45, 2.75) is 309 Å². The average Bonchev–Trinajstić information content (AvgIpc) is 3.39. The minimum Gasteiger partial charge on any atom is -0.462 e. The molecule has 0 amide bonds. The zero-order valence-electron chi connectivity index (χ0n) is 48.1. The first-order chi connectivity index (χ1) is 36.0. The highest BCUT2D eigenvalue weighted by Crippen LogP contribution is 2.17. The Bertz CT molecular complexity index is 1400. The number of allylic oxidation sites excluding steroid dienone is 14. The summed E-state index contributed by atoms with van der Waals surface area (Å²) < 4.78 is 16.9. The van der Waals surface area contributed by atoms with E-state index in [2.05, 4.69) is 106 Å². The molecule has 420 valence electrons. The molecule has 1 atom stereocenters. The normalized spacial score (nSPS) is 12.6. The molecular weight excluding hydrogens is 901 g/mol. The van der Waals surface area contributed by atoms with Crippen molar-refractivity contribution in [1.29, 1.82) is 0 Å². The molecule has 0 saturated heterocycles. The summed E-state index contributed by atoms with van der Waals surface area (Å²) in [6, 6.07) is 0. The monoisotopic (exact) mass is 1020 g/mol. The van der Waals surface area contributed by atoms with E-state index in [1.165, 1.54) is 173 Å². The largest absolute Gasteiger partial charge is 0.462 e. The molecule has 0 radical (unpaired) electrons. The van der Waals surface area contributed by atoms with Gasteiger partial charge in [0.2, 0.25) is 0 Å². The average molecular weight is 1020 g/mol. The molecular formula is C67H116O6. The summed E-state index contributed by atoms with van der Waals surface area (Å²) in [4.78, 5) is 38.3. The summed E-state index contributed by atoms with van der Waals surface area (Å²) >= 11 is 0. The van der Waals surface area contributed by atoms with Crippen molar-refractivity contribution < 1.29 is 28.6 Å². The van der Waals surface area contributed by atoms with E-state index in [0.717, 1.165) is 83.5 Å². The molecule has 0 rings (SSSR count). The summed E-state index contributed by atoms with van der Waals surface area (Å²) in [5, 5.41) is 0. The Balaban J connectivity index is 4.43. The fourth-order valence-electron chi connectivity index (χ4n) is 8.75. The number of esters is 3. The van der Waals surface area contributed by atoms with Gasteiger partial charge in [0, 0.05) is 19.3 Å². The van der Waals surface area contributed by atoms with Crippen LogP contribution in [-0.2, 0) is 28.6 Å². The SMILES string of the molecule is CC/C=C\C/C=C\C/C=C\C/C=C\C/C=C\CCCC(=O)OC[C@H](COC(=O)CCCCCCCCCCC/C=C\C/C=C\CCCCC)OC(=O)CCCCCCCCCCCCCCCCCCCCC. The summed E-state index contributed by atoms with van der Waals surface area (Å²) in [5.41, 5.74) is 0.